The summed E-state index contributed by atoms with van der Waals surface area (Å²) in [5.41, 5.74) is 2.97. The molecule has 0 aliphatic carbocycles. The summed E-state index contributed by atoms with van der Waals surface area (Å²) in [4.78, 5) is 29.7. The lowest BCUT2D eigenvalue weighted by Crippen LogP contribution is -2.36. The first kappa shape index (κ1) is 19.4. The topological polar surface area (TPSA) is 68.7 Å². The molecule has 2 aromatic rings. The number of rotatable bonds is 8. The minimum Gasteiger partial charge on any atom is -0.483 e. The maximum Gasteiger partial charge on any atom is 0.307 e. The molecule has 0 saturated carbocycles. The first-order valence-electron chi connectivity index (χ1n) is 8.43. The minimum atomic E-state index is -0.354. The van der Waals surface area contributed by atoms with Crippen molar-refractivity contribution in [2.45, 2.75) is 26.8 Å². The number of pyridine rings is 1. The number of amides is 1. The summed E-state index contributed by atoms with van der Waals surface area (Å²) in [5.74, 6) is 0.148. The fraction of sp³-hybridized carbons (Fsp3) is 0.350. The average molecular weight is 356 g/mol. The summed E-state index contributed by atoms with van der Waals surface area (Å²) in [6, 6.07) is 9.54. The Morgan fingerprint density at radius 1 is 1.12 bits per heavy atom. The monoisotopic (exact) mass is 356 g/mol. The Labute approximate surface area is 153 Å². The number of aromatic nitrogens is 1. The molecule has 1 aromatic heterocycles. The van der Waals surface area contributed by atoms with E-state index < -0.39 is 0 Å². The second kappa shape index (κ2) is 9.56. The van der Waals surface area contributed by atoms with Crippen LogP contribution in [0.25, 0.3) is 0 Å². The quantitative estimate of drug-likeness (QED) is 0.680. The van der Waals surface area contributed by atoms with Gasteiger partial charge in [0.15, 0.2) is 6.61 Å². The van der Waals surface area contributed by atoms with E-state index in [0.717, 1.165) is 16.7 Å². The molecule has 0 unspecified atom stereocenters. The van der Waals surface area contributed by atoms with Gasteiger partial charge in [-0.1, -0.05) is 12.1 Å². The molecule has 0 fully saturated rings. The van der Waals surface area contributed by atoms with E-state index in [1.807, 2.05) is 44.2 Å². The number of ether oxygens (including phenoxy) is 2. The van der Waals surface area contributed by atoms with Gasteiger partial charge in [-0.25, -0.2) is 0 Å². The summed E-state index contributed by atoms with van der Waals surface area (Å²) in [5, 5.41) is 0. The molecule has 0 aliphatic heterocycles. The van der Waals surface area contributed by atoms with Crippen molar-refractivity contribution in [3.63, 3.8) is 0 Å². The number of nitrogens with zero attached hydrogens (tertiary/aromatic N) is 2. The normalized spacial score (nSPS) is 10.3. The van der Waals surface area contributed by atoms with Gasteiger partial charge in [0.05, 0.1) is 13.5 Å². The number of benzene rings is 1. The lowest BCUT2D eigenvalue weighted by Gasteiger charge is -2.23. The molecule has 6 heteroatoms. The Morgan fingerprint density at radius 3 is 2.54 bits per heavy atom. The third kappa shape index (κ3) is 5.88. The lowest BCUT2D eigenvalue weighted by molar-refractivity contribution is -0.142. The SMILES string of the molecule is COC(=O)CCN(Cc1ccncc1)C(=O)COc1cc(C)ccc1C. The average Bonchev–Trinajstić information content (AvgIpc) is 2.66. The van der Waals surface area contributed by atoms with Gasteiger partial charge in [0.1, 0.15) is 5.75 Å². The van der Waals surface area contributed by atoms with Gasteiger partial charge in [0, 0.05) is 25.5 Å². The largest absolute Gasteiger partial charge is 0.483 e. The van der Waals surface area contributed by atoms with Crippen molar-refractivity contribution in [3.05, 3.63) is 59.4 Å². The van der Waals surface area contributed by atoms with E-state index in [1.54, 1.807) is 17.3 Å². The Hall–Kier alpha value is -2.89. The fourth-order valence-corrected chi connectivity index (χ4v) is 2.42. The molecular weight excluding hydrogens is 332 g/mol. The summed E-state index contributed by atoms with van der Waals surface area (Å²) in [6.45, 7) is 4.47. The number of carbonyl (C=O) groups is 2. The second-order valence-corrected chi connectivity index (χ2v) is 6.05. The van der Waals surface area contributed by atoms with Gasteiger partial charge in [-0.15, -0.1) is 0 Å². The van der Waals surface area contributed by atoms with Crippen molar-refractivity contribution in [2.24, 2.45) is 0 Å². The molecule has 26 heavy (non-hydrogen) atoms. The van der Waals surface area contributed by atoms with Crippen LogP contribution in [0.5, 0.6) is 5.75 Å². The highest BCUT2D eigenvalue weighted by atomic mass is 16.5. The smallest absolute Gasteiger partial charge is 0.307 e. The number of hydrogen-bond donors (Lipinski definition) is 0. The van der Waals surface area contributed by atoms with Gasteiger partial charge >= 0.3 is 5.97 Å². The molecule has 0 radical (unpaired) electrons. The van der Waals surface area contributed by atoms with Crippen molar-refractivity contribution in [1.82, 2.24) is 9.88 Å². The molecule has 0 bridgehead atoms. The molecule has 1 aromatic carbocycles. The highest BCUT2D eigenvalue weighted by Gasteiger charge is 2.17. The van der Waals surface area contributed by atoms with Crippen LogP contribution in [0.4, 0.5) is 0 Å². The van der Waals surface area contributed by atoms with E-state index in [1.165, 1.54) is 7.11 Å². The highest BCUT2D eigenvalue weighted by Crippen LogP contribution is 2.19. The minimum absolute atomic E-state index is 0.0868. The van der Waals surface area contributed by atoms with Crippen molar-refractivity contribution in [3.8, 4) is 5.75 Å². The Kier molecular flexibility index (Phi) is 7.14. The van der Waals surface area contributed by atoms with Gasteiger partial charge in [-0.2, -0.15) is 0 Å². The first-order chi connectivity index (χ1) is 12.5. The summed E-state index contributed by atoms with van der Waals surface area (Å²) in [6.07, 6.45) is 3.48. The van der Waals surface area contributed by atoms with Crippen LogP contribution in [-0.2, 0) is 20.9 Å². The zero-order valence-electron chi connectivity index (χ0n) is 15.4. The molecule has 0 spiro atoms. The van der Waals surface area contributed by atoms with Gasteiger partial charge in [0.25, 0.3) is 5.91 Å². The fourth-order valence-electron chi connectivity index (χ4n) is 2.42. The van der Waals surface area contributed by atoms with E-state index in [2.05, 4.69) is 9.72 Å². The lowest BCUT2D eigenvalue weighted by atomic mass is 10.1. The summed E-state index contributed by atoms with van der Waals surface area (Å²) in [7, 11) is 1.33. The maximum atomic E-state index is 12.7. The van der Waals surface area contributed by atoms with Crippen LogP contribution in [0, 0.1) is 13.8 Å². The van der Waals surface area contributed by atoms with Crippen LogP contribution in [0.2, 0.25) is 0 Å². The highest BCUT2D eigenvalue weighted by molar-refractivity contribution is 5.78. The van der Waals surface area contributed by atoms with E-state index in [-0.39, 0.29) is 31.4 Å². The predicted octanol–water partition coefficient (Wildman–Crippen LogP) is 2.67. The molecule has 0 aliphatic rings. The Bertz CT molecular complexity index is 747. The van der Waals surface area contributed by atoms with E-state index in [0.29, 0.717) is 12.3 Å². The molecule has 1 amide bonds. The van der Waals surface area contributed by atoms with Crippen molar-refractivity contribution < 1.29 is 19.1 Å². The number of hydrogen-bond acceptors (Lipinski definition) is 5. The molecule has 2 rings (SSSR count). The van der Waals surface area contributed by atoms with Crippen molar-refractivity contribution in [2.75, 3.05) is 20.3 Å². The molecule has 1 heterocycles. The van der Waals surface area contributed by atoms with Crippen LogP contribution < -0.4 is 4.74 Å². The number of methoxy groups -OCH3 is 1. The summed E-state index contributed by atoms with van der Waals surface area (Å²) < 4.78 is 10.4. The van der Waals surface area contributed by atoms with E-state index in [9.17, 15) is 9.59 Å². The number of aryl methyl sites for hydroxylation is 2. The Morgan fingerprint density at radius 2 is 1.85 bits per heavy atom. The zero-order valence-corrected chi connectivity index (χ0v) is 15.4. The molecule has 6 nitrogen and oxygen atoms in total. The Balaban J connectivity index is 2.03. The predicted molar refractivity (Wildman–Crippen MR) is 97.7 cm³/mol. The van der Waals surface area contributed by atoms with Crippen LogP contribution in [0.15, 0.2) is 42.7 Å². The van der Waals surface area contributed by atoms with Gasteiger partial charge in [0.2, 0.25) is 0 Å². The molecule has 0 saturated heterocycles. The maximum absolute atomic E-state index is 12.7. The van der Waals surface area contributed by atoms with Crippen LogP contribution in [0.3, 0.4) is 0 Å². The standard InChI is InChI=1S/C20H24N2O4/c1-15-4-5-16(2)18(12-15)26-14-19(23)22(11-8-20(24)25-3)13-17-6-9-21-10-7-17/h4-7,9-10,12H,8,11,13-14H2,1-3H3. The van der Waals surface area contributed by atoms with E-state index >= 15 is 0 Å². The molecule has 0 N–H and O–H groups in total. The van der Waals surface area contributed by atoms with Crippen LogP contribution >= 0.6 is 0 Å². The van der Waals surface area contributed by atoms with Crippen molar-refractivity contribution >= 4 is 11.9 Å². The van der Waals surface area contributed by atoms with Crippen LogP contribution in [-0.4, -0.2) is 42.0 Å². The van der Waals surface area contributed by atoms with Gasteiger partial charge in [-0.05, 0) is 48.7 Å². The third-order valence-corrected chi connectivity index (χ3v) is 3.98. The van der Waals surface area contributed by atoms with Crippen LogP contribution in [0.1, 0.15) is 23.1 Å². The number of carbonyl (C=O) groups excluding carboxylic acids is 2. The number of esters is 1. The van der Waals surface area contributed by atoms with Crippen molar-refractivity contribution in [1.29, 1.82) is 0 Å². The zero-order chi connectivity index (χ0) is 18.9. The summed E-state index contributed by atoms with van der Waals surface area (Å²) >= 11 is 0. The second-order valence-electron chi connectivity index (χ2n) is 6.05. The molecule has 138 valence electrons. The van der Waals surface area contributed by atoms with E-state index in [4.69, 9.17) is 4.74 Å². The van der Waals surface area contributed by atoms with Gasteiger partial charge in [-0.3, -0.25) is 14.6 Å². The molecular formula is C20H24N2O4. The molecule has 0 atom stereocenters. The van der Waals surface area contributed by atoms with Gasteiger partial charge < -0.3 is 14.4 Å². The first-order valence-corrected chi connectivity index (χ1v) is 8.43. The third-order valence-electron chi connectivity index (χ3n) is 3.98.